The number of Topliss-reactive ketones (excluding diaryl/α,β-unsaturated/α-hetero) is 1. The third-order valence-electron chi connectivity index (χ3n) is 3.82. The normalized spacial score (nSPS) is 23.5. The molecule has 2 unspecified atom stereocenters. The van der Waals surface area contributed by atoms with Gasteiger partial charge in [-0.2, -0.15) is 0 Å². The second-order valence-corrected chi connectivity index (χ2v) is 5.59. The van der Waals surface area contributed by atoms with Crippen LogP contribution in [0.4, 0.5) is 0 Å². The van der Waals surface area contributed by atoms with E-state index in [1.54, 1.807) is 6.92 Å². The summed E-state index contributed by atoms with van der Waals surface area (Å²) in [5, 5.41) is 0. The zero-order valence-electron chi connectivity index (χ0n) is 12.1. The molecule has 1 heterocycles. The van der Waals surface area contributed by atoms with Crippen LogP contribution in [0.2, 0.25) is 0 Å². The molecule has 0 N–H and O–H groups in total. The van der Waals surface area contributed by atoms with Crippen molar-refractivity contribution >= 4 is 5.78 Å². The molecule has 0 radical (unpaired) electrons. The highest BCUT2D eigenvalue weighted by molar-refractivity contribution is 5.96. The number of nitrogens with zero attached hydrogens (tertiary/aromatic N) is 1. The summed E-state index contributed by atoms with van der Waals surface area (Å²) >= 11 is 0. The minimum atomic E-state index is 0.0544. The van der Waals surface area contributed by atoms with Crippen molar-refractivity contribution in [1.82, 2.24) is 4.90 Å². The maximum Gasteiger partial charge on any atom is 0.163 e. The summed E-state index contributed by atoms with van der Waals surface area (Å²) in [6.45, 7) is 8.86. The molecule has 19 heavy (non-hydrogen) atoms. The van der Waals surface area contributed by atoms with E-state index in [-0.39, 0.29) is 5.78 Å². The highest BCUT2D eigenvalue weighted by Gasteiger charge is 2.25. The third kappa shape index (κ3) is 3.57. The fourth-order valence-electron chi connectivity index (χ4n) is 2.85. The first-order valence-corrected chi connectivity index (χ1v) is 7.04. The van der Waals surface area contributed by atoms with Gasteiger partial charge in [0.15, 0.2) is 5.78 Å². The zero-order chi connectivity index (χ0) is 13.8. The van der Waals surface area contributed by atoms with Crippen molar-refractivity contribution in [3.05, 3.63) is 29.8 Å². The van der Waals surface area contributed by atoms with Crippen LogP contribution in [0, 0.1) is 5.92 Å². The first kappa shape index (κ1) is 14.1. The van der Waals surface area contributed by atoms with Gasteiger partial charge in [0, 0.05) is 19.1 Å². The third-order valence-corrected chi connectivity index (χ3v) is 3.82. The van der Waals surface area contributed by atoms with E-state index in [2.05, 4.69) is 18.7 Å². The lowest BCUT2D eigenvalue weighted by atomic mass is 10.1. The van der Waals surface area contributed by atoms with Crippen LogP contribution in [0.3, 0.4) is 0 Å². The largest absolute Gasteiger partial charge is 0.491 e. The minimum absolute atomic E-state index is 0.0544. The molecule has 0 amide bonds. The SMILES string of the molecule is CC(=O)c1ccccc1OCCN1CC(C)CC1C. The fourth-order valence-corrected chi connectivity index (χ4v) is 2.85. The van der Waals surface area contributed by atoms with Gasteiger partial charge in [-0.05, 0) is 38.3 Å². The van der Waals surface area contributed by atoms with Crippen molar-refractivity contribution in [2.75, 3.05) is 19.7 Å². The standard InChI is InChI=1S/C16H23NO2/c1-12-10-13(2)17(11-12)8-9-19-16-7-5-4-6-15(16)14(3)18/h4-7,12-13H,8-11H2,1-3H3. The van der Waals surface area contributed by atoms with E-state index < -0.39 is 0 Å². The van der Waals surface area contributed by atoms with E-state index in [1.807, 2.05) is 24.3 Å². The molecular weight excluding hydrogens is 238 g/mol. The summed E-state index contributed by atoms with van der Waals surface area (Å²) in [5.41, 5.74) is 0.672. The highest BCUT2D eigenvalue weighted by Crippen LogP contribution is 2.22. The number of carbonyl (C=O) groups is 1. The van der Waals surface area contributed by atoms with Crippen molar-refractivity contribution in [3.63, 3.8) is 0 Å². The topological polar surface area (TPSA) is 29.5 Å². The van der Waals surface area contributed by atoms with Crippen molar-refractivity contribution in [3.8, 4) is 5.75 Å². The first-order chi connectivity index (χ1) is 9.08. The molecule has 1 saturated heterocycles. The van der Waals surface area contributed by atoms with Crippen molar-refractivity contribution in [2.24, 2.45) is 5.92 Å². The van der Waals surface area contributed by atoms with E-state index in [1.165, 1.54) is 6.42 Å². The number of benzene rings is 1. The zero-order valence-corrected chi connectivity index (χ0v) is 12.1. The molecule has 104 valence electrons. The highest BCUT2D eigenvalue weighted by atomic mass is 16.5. The first-order valence-electron chi connectivity index (χ1n) is 7.04. The van der Waals surface area contributed by atoms with Crippen LogP contribution < -0.4 is 4.74 Å². The van der Waals surface area contributed by atoms with Gasteiger partial charge in [0.1, 0.15) is 12.4 Å². The van der Waals surface area contributed by atoms with Crippen LogP contribution in [0.1, 0.15) is 37.6 Å². The monoisotopic (exact) mass is 261 g/mol. The Morgan fingerprint density at radius 1 is 1.37 bits per heavy atom. The van der Waals surface area contributed by atoms with Gasteiger partial charge in [-0.1, -0.05) is 19.1 Å². The van der Waals surface area contributed by atoms with E-state index in [0.29, 0.717) is 24.0 Å². The quantitative estimate of drug-likeness (QED) is 0.763. The summed E-state index contributed by atoms with van der Waals surface area (Å²) < 4.78 is 5.78. The van der Waals surface area contributed by atoms with Crippen LogP contribution in [-0.2, 0) is 0 Å². The van der Waals surface area contributed by atoms with Crippen LogP contribution in [0.5, 0.6) is 5.75 Å². The number of carbonyl (C=O) groups excluding carboxylic acids is 1. The summed E-state index contributed by atoms with van der Waals surface area (Å²) in [5.74, 6) is 1.54. The van der Waals surface area contributed by atoms with Gasteiger partial charge in [0.25, 0.3) is 0 Å². The molecule has 0 saturated carbocycles. The van der Waals surface area contributed by atoms with Gasteiger partial charge in [-0.15, -0.1) is 0 Å². The van der Waals surface area contributed by atoms with Crippen molar-refractivity contribution < 1.29 is 9.53 Å². The second kappa shape index (κ2) is 6.20. The summed E-state index contributed by atoms with van der Waals surface area (Å²) in [6.07, 6.45) is 1.27. The van der Waals surface area contributed by atoms with Gasteiger partial charge < -0.3 is 4.74 Å². The molecule has 1 aromatic rings. The molecule has 0 aromatic heterocycles. The summed E-state index contributed by atoms with van der Waals surface area (Å²) in [4.78, 5) is 13.9. The average molecular weight is 261 g/mol. The number of ketones is 1. The van der Waals surface area contributed by atoms with E-state index in [9.17, 15) is 4.79 Å². The number of hydrogen-bond acceptors (Lipinski definition) is 3. The molecule has 0 spiro atoms. The van der Waals surface area contributed by atoms with E-state index in [0.717, 1.165) is 19.0 Å². The van der Waals surface area contributed by atoms with Crippen LogP contribution in [0.15, 0.2) is 24.3 Å². The van der Waals surface area contributed by atoms with Crippen LogP contribution in [-0.4, -0.2) is 36.4 Å². The lowest BCUT2D eigenvalue weighted by Gasteiger charge is -2.21. The number of hydrogen-bond donors (Lipinski definition) is 0. The van der Waals surface area contributed by atoms with Crippen molar-refractivity contribution in [2.45, 2.75) is 33.2 Å². The molecule has 2 atom stereocenters. The maximum absolute atomic E-state index is 11.5. The Morgan fingerprint density at radius 2 is 2.11 bits per heavy atom. The lowest BCUT2D eigenvalue weighted by Crippen LogP contribution is -2.31. The molecular formula is C16H23NO2. The van der Waals surface area contributed by atoms with Crippen molar-refractivity contribution in [1.29, 1.82) is 0 Å². The van der Waals surface area contributed by atoms with Crippen LogP contribution >= 0.6 is 0 Å². The lowest BCUT2D eigenvalue weighted by molar-refractivity contribution is 0.101. The Kier molecular flexibility index (Phi) is 4.59. The summed E-state index contributed by atoms with van der Waals surface area (Å²) in [7, 11) is 0. The van der Waals surface area contributed by atoms with Gasteiger partial charge in [-0.25, -0.2) is 0 Å². The van der Waals surface area contributed by atoms with Gasteiger partial charge in [0.2, 0.25) is 0 Å². The van der Waals surface area contributed by atoms with E-state index >= 15 is 0 Å². The summed E-state index contributed by atoms with van der Waals surface area (Å²) in [6, 6.07) is 8.10. The van der Waals surface area contributed by atoms with Gasteiger partial charge in [-0.3, -0.25) is 9.69 Å². The van der Waals surface area contributed by atoms with E-state index in [4.69, 9.17) is 4.74 Å². The molecule has 3 heteroatoms. The maximum atomic E-state index is 11.5. The minimum Gasteiger partial charge on any atom is -0.491 e. The average Bonchev–Trinajstić information content (AvgIpc) is 2.68. The molecule has 1 aliphatic heterocycles. The van der Waals surface area contributed by atoms with Gasteiger partial charge >= 0.3 is 0 Å². The van der Waals surface area contributed by atoms with Gasteiger partial charge in [0.05, 0.1) is 5.56 Å². The number of likely N-dealkylation sites (tertiary alicyclic amines) is 1. The number of para-hydroxylation sites is 1. The Balaban J connectivity index is 1.88. The predicted molar refractivity (Wildman–Crippen MR) is 76.8 cm³/mol. The molecule has 0 bridgehead atoms. The smallest absolute Gasteiger partial charge is 0.163 e. The Morgan fingerprint density at radius 3 is 2.74 bits per heavy atom. The van der Waals surface area contributed by atoms with Crippen LogP contribution in [0.25, 0.3) is 0 Å². The predicted octanol–water partition coefficient (Wildman–Crippen LogP) is 3.00. The molecule has 1 aliphatic rings. The molecule has 0 aliphatic carbocycles. The number of ether oxygens (including phenoxy) is 1. The molecule has 1 fully saturated rings. The Labute approximate surface area is 115 Å². The second-order valence-electron chi connectivity index (χ2n) is 5.59. The Hall–Kier alpha value is -1.35. The molecule has 1 aromatic carbocycles. The Bertz CT molecular complexity index is 444. The number of rotatable bonds is 5. The molecule has 2 rings (SSSR count). The molecule has 3 nitrogen and oxygen atoms in total. The fraction of sp³-hybridized carbons (Fsp3) is 0.562.